The number of aryl methyl sites for hydroxylation is 2. The Morgan fingerprint density at radius 2 is 2.16 bits per heavy atom. The molecule has 0 spiro atoms. The van der Waals surface area contributed by atoms with Gasteiger partial charge in [0, 0.05) is 30.4 Å². The van der Waals surface area contributed by atoms with Crippen LogP contribution in [-0.2, 0) is 18.4 Å². The highest BCUT2D eigenvalue weighted by molar-refractivity contribution is 5.89. The molecule has 0 aliphatic rings. The van der Waals surface area contributed by atoms with Crippen LogP contribution in [0.4, 0.5) is 10.2 Å². The summed E-state index contributed by atoms with van der Waals surface area (Å²) in [5.41, 5.74) is 2.06. The predicted octanol–water partition coefficient (Wildman–Crippen LogP) is 2.38. The Morgan fingerprint density at radius 3 is 2.84 bits per heavy atom. The second kappa shape index (κ2) is 6.76. The van der Waals surface area contributed by atoms with E-state index >= 15 is 0 Å². The van der Waals surface area contributed by atoms with E-state index < -0.39 is 0 Å². The number of anilines is 1. The van der Waals surface area contributed by atoms with E-state index in [9.17, 15) is 9.18 Å². The molecule has 3 rings (SSSR count). The van der Waals surface area contributed by atoms with Gasteiger partial charge in [-0.15, -0.1) is 0 Å². The van der Waals surface area contributed by atoms with E-state index in [0.717, 1.165) is 5.69 Å². The Bertz CT molecular complexity index is 916. The van der Waals surface area contributed by atoms with E-state index in [-0.39, 0.29) is 18.3 Å². The fourth-order valence-electron chi connectivity index (χ4n) is 2.55. The summed E-state index contributed by atoms with van der Waals surface area (Å²) in [6.07, 6.45) is 3.24. The normalized spacial score (nSPS) is 10.7. The minimum absolute atomic E-state index is 0.0296. The van der Waals surface area contributed by atoms with Gasteiger partial charge in [-0.05, 0) is 25.1 Å². The van der Waals surface area contributed by atoms with Gasteiger partial charge in [0.1, 0.15) is 23.9 Å². The molecule has 1 amide bonds. The molecule has 0 unspecified atom stereocenters. The molecule has 0 aliphatic heterocycles. The summed E-state index contributed by atoms with van der Waals surface area (Å²) in [6, 6.07) is 6.04. The molecule has 130 valence electrons. The number of rotatable bonds is 5. The van der Waals surface area contributed by atoms with E-state index in [2.05, 4.69) is 15.5 Å². The number of benzene rings is 1. The van der Waals surface area contributed by atoms with Crippen LogP contribution in [0.3, 0.4) is 0 Å². The Labute approximate surface area is 144 Å². The highest BCUT2D eigenvalue weighted by atomic mass is 19.1. The molecule has 25 heavy (non-hydrogen) atoms. The summed E-state index contributed by atoms with van der Waals surface area (Å²) >= 11 is 0. The topological polar surface area (TPSA) is 74.0 Å². The second-order valence-electron chi connectivity index (χ2n) is 5.61. The standard InChI is InChI=1S/C17H18FN5O2/c1-11-6-16(22(2)21-11)20-17(24)10-23-9-12(8-19-23)14-7-13(18)4-5-15(14)25-3/h4-9H,10H2,1-3H3,(H,20,24). The van der Waals surface area contributed by atoms with Gasteiger partial charge in [0.15, 0.2) is 0 Å². The summed E-state index contributed by atoms with van der Waals surface area (Å²) in [4.78, 5) is 12.2. The molecule has 0 atom stereocenters. The lowest BCUT2D eigenvalue weighted by Crippen LogP contribution is -2.20. The van der Waals surface area contributed by atoms with Crippen molar-refractivity contribution in [3.05, 3.63) is 48.2 Å². The van der Waals surface area contributed by atoms with E-state index in [1.807, 2.05) is 6.92 Å². The van der Waals surface area contributed by atoms with Crippen molar-refractivity contribution in [3.63, 3.8) is 0 Å². The SMILES string of the molecule is COc1ccc(F)cc1-c1cnn(CC(=O)Nc2cc(C)nn2C)c1. The Kier molecular flexibility index (Phi) is 4.51. The maximum atomic E-state index is 13.5. The van der Waals surface area contributed by atoms with Gasteiger partial charge in [-0.1, -0.05) is 0 Å². The first-order chi connectivity index (χ1) is 12.0. The molecule has 0 aliphatic carbocycles. The molecule has 0 bridgehead atoms. The summed E-state index contributed by atoms with van der Waals surface area (Å²) in [5.74, 6) is 0.550. The summed E-state index contributed by atoms with van der Waals surface area (Å²) < 4.78 is 21.8. The summed E-state index contributed by atoms with van der Waals surface area (Å²) in [5, 5.41) is 11.1. The Balaban J connectivity index is 1.75. The molecule has 3 aromatic rings. The third-order valence-electron chi connectivity index (χ3n) is 3.68. The van der Waals surface area contributed by atoms with E-state index in [0.29, 0.717) is 22.7 Å². The van der Waals surface area contributed by atoms with Gasteiger partial charge in [0.25, 0.3) is 0 Å². The highest BCUT2D eigenvalue weighted by Gasteiger charge is 2.12. The average molecular weight is 343 g/mol. The third-order valence-corrected chi connectivity index (χ3v) is 3.68. The lowest BCUT2D eigenvalue weighted by Gasteiger charge is -2.06. The number of hydrogen-bond acceptors (Lipinski definition) is 4. The smallest absolute Gasteiger partial charge is 0.247 e. The molecule has 0 fully saturated rings. The zero-order valence-corrected chi connectivity index (χ0v) is 14.2. The van der Waals surface area contributed by atoms with Gasteiger partial charge in [-0.3, -0.25) is 14.2 Å². The zero-order valence-electron chi connectivity index (χ0n) is 14.2. The maximum absolute atomic E-state index is 13.5. The predicted molar refractivity (Wildman–Crippen MR) is 90.7 cm³/mol. The third kappa shape index (κ3) is 3.68. The molecule has 1 aromatic carbocycles. The van der Waals surface area contributed by atoms with Crippen molar-refractivity contribution >= 4 is 11.7 Å². The van der Waals surface area contributed by atoms with Crippen LogP contribution in [0.25, 0.3) is 11.1 Å². The first kappa shape index (κ1) is 16.7. The van der Waals surface area contributed by atoms with Gasteiger partial charge in [-0.25, -0.2) is 4.39 Å². The fourth-order valence-corrected chi connectivity index (χ4v) is 2.55. The minimum atomic E-state index is -0.368. The number of amides is 1. The number of nitrogens with zero attached hydrogens (tertiary/aromatic N) is 4. The van der Waals surface area contributed by atoms with Gasteiger partial charge >= 0.3 is 0 Å². The number of halogens is 1. The monoisotopic (exact) mass is 343 g/mol. The van der Waals surface area contributed by atoms with Crippen LogP contribution in [-0.4, -0.2) is 32.6 Å². The molecule has 7 nitrogen and oxygen atoms in total. The number of carbonyl (C=O) groups excluding carboxylic acids is 1. The quantitative estimate of drug-likeness (QED) is 0.772. The van der Waals surface area contributed by atoms with Crippen LogP contribution < -0.4 is 10.1 Å². The van der Waals surface area contributed by atoms with Crippen LogP contribution in [0.5, 0.6) is 5.75 Å². The number of carbonyl (C=O) groups is 1. The number of methoxy groups -OCH3 is 1. The van der Waals surface area contributed by atoms with Gasteiger partial charge in [0.05, 0.1) is 19.0 Å². The largest absolute Gasteiger partial charge is 0.496 e. The molecule has 0 radical (unpaired) electrons. The summed E-state index contributed by atoms with van der Waals surface area (Å²) in [7, 11) is 3.27. The van der Waals surface area contributed by atoms with Crippen molar-refractivity contribution in [2.45, 2.75) is 13.5 Å². The number of aromatic nitrogens is 4. The minimum Gasteiger partial charge on any atom is -0.496 e. The molecular weight excluding hydrogens is 325 g/mol. The molecule has 2 aromatic heterocycles. The van der Waals surface area contributed by atoms with Crippen LogP contribution in [0, 0.1) is 12.7 Å². The lowest BCUT2D eigenvalue weighted by molar-refractivity contribution is -0.116. The molecular formula is C17H18FN5O2. The van der Waals surface area contributed by atoms with E-state index in [1.165, 1.54) is 23.9 Å². The Hall–Kier alpha value is -3.16. The highest BCUT2D eigenvalue weighted by Crippen LogP contribution is 2.30. The van der Waals surface area contributed by atoms with Gasteiger partial charge in [-0.2, -0.15) is 10.2 Å². The van der Waals surface area contributed by atoms with Crippen LogP contribution in [0.2, 0.25) is 0 Å². The molecule has 1 N–H and O–H groups in total. The van der Waals surface area contributed by atoms with Crippen molar-refractivity contribution in [3.8, 4) is 16.9 Å². The van der Waals surface area contributed by atoms with Crippen molar-refractivity contribution in [1.29, 1.82) is 0 Å². The summed E-state index contributed by atoms with van der Waals surface area (Å²) in [6.45, 7) is 1.88. The average Bonchev–Trinajstić information content (AvgIpc) is 3.14. The van der Waals surface area contributed by atoms with Crippen LogP contribution in [0.15, 0.2) is 36.7 Å². The molecule has 8 heteroatoms. The van der Waals surface area contributed by atoms with E-state index in [1.54, 1.807) is 36.3 Å². The zero-order chi connectivity index (χ0) is 18.0. The van der Waals surface area contributed by atoms with Gasteiger partial charge < -0.3 is 10.1 Å². The second-order valence-corrected chi connectivity index (χ2v) is 5.61. The molecule has 2 heterocycles. The molecule has 0 saturated heterocycles. The van der Waals surface area contributed by atoms with Crippen molar-refractivity contribution < 1.29 is 13.9 Å². The Morgan fingerprint density at radius 1 is 1.36 bits per heavy atom. The van der Waals surface area contributed by atoms with Crippen molar-refractivity contribution in [2.75, 3.05) is 12.4 Å². The van der Waals surface area contributed by atoms with Crippen molar-refractivity contribution in [1.82, 2.24) is 19.6 Å². The van der Waals surface area contributed by atoms with Crippen LogP contribution in [0.1, 0.15) is 5.69 Å². The number of ether oxygens (including phenoxy) is 1. The van der Waals surface area contributed by atoms with Crippen LogP contribution >= 0.6 is 0 Å². The number of hydrogen-bond donors (Lipinski definition) is 1. The lowest BCUT2D eigenvalue weighted by atomic mass is 10.1. The van der Waals surface area contributed by atoms with Crippen molar-refractivity contribution in [2.24, 2.45) is 7.05 Å². The fraction of sp³-hybridized carbons (Fsp3) is 0.235. The first-order valence-corrected chi connectivity index (χ1v) is 7.63. The first-order valence-electron chi connectivity index (χ1n) is 7.63. The van der Waals surface area contributed by atoms with Gasteiger partial charge in [0.2, 0.25) is 5.91 Å². The number of nitrogens with one attached hydrogen (secondary N) is 1. The van der Waals surface area contributed by atoms with E-state index in [4.69, 9.17) is 4.74 Å². The maximum Gasteiger partial charge on any atom is 0.247 e. The molecule has 0 saturated carbocycles.